The topological polar surface area (TPSA) is 56.8 Å². The van der Waals surface area contributed by atoms with E-state index in [1.807, 2.05) is 6.07 Å². The van der Waals surface area contributed by atoms with Gasteiger partial charge in [-0.3, -0.25) is 4.79 Å². The summed E-state index contributed by atoms with van der Waals surface area (Å²) >= 11 is 0. The molecular formula is C24H35NO4. The van der Waals surface area contributed by atoms with Crippen LogP contribution in [0.2, 0.25) is 0 Å². The summed E-state index contributed by atoms with van der Waals surface area (Å²) in [7, 11) is 3.33. The lowest BCUT2D eigenvalue weighted by molar-refractivity contribution is -0.137. The van der Waals surface area contributed by atoms with E-state index in [4.69, 9.17) is 14.2 Å². The minimum absolute atomic E-state index is 0.0373. The second kappa shape index (κ2) is 7.50. The van der Waals surface area contributed by atoms with E-state index in [1.54, 1.807) is 14.2 Å². The minimum Gasteiger partial charge on any atom is -0.493 e. The van der Waals surface area contributed by atoms with E-state index >= 15 is 0 Å². The molecule has 0 aromatic heterocycles. The molecule has 3 fully saturated rings. The molecule has 5 atom stereocenters. The maximum Gasteiger partial charge on any atom is 0.220 e. The average Bonchev–Trinajstić information content (AvgIpc) is 3.20. The number of hydrogen-bond donors (Lipinski definition) is 1. The molecule has 1 amide bonds. The smallest absolute Gasteiger partial charge is 0.220 e. The Morgan fingerprint density at radius 1 is 1.24 bits per heavy atom. The Labute approximate surface area is 174 Å². The zero-order chi connectivity index (χ0) is 20.8. The Bertz CT molecular complexity index is 776. The Morgan fingerprint density at radius 3 is 2.69 bits per heavy atom. The first kappa shape index (κ1) is 20.5. The van der Waals surface area contributed by atoms with Crippen LogP contribution in [-0.2, 0) is 9.53 Å². The van der Waals surface area contributed by atoms with Gasteiger partial charge in [0.2, 0.25) is 5.91 Å². The SMILES string of the molecule is CCCC(=O)N[C@H]1C(C)(C)[C@@H]2C[C@@H]3[C@@H](c4ccc(OC)c(OC)c4)OCCC31C2. The standard InChI is InChI=1S/C24H35NO4/c1-6-7-20(26)25-22-23(2,3)16-13-17-21(29-11-10-24(17,22)14-16)15-8-9-18(27-4)19(12-15)28-5/h8-9,12,16-17,21-22H,6-7,10-11,13-14H2,1-5H3,(H,25,26)/t16-,17-,21-,22+,24?/m1/s1. The first-order valence-electron chi connectivity index (χ1n) is 11.0. The van der Waals surface area contributed by atoms with Crippen molar-refractivity contribution in [2.45, 2.75) is 65.0 Å². The van der Waals surface area contributed by atoms with Gasteiger partial charge in [-0.15, -0.1) is 0 Å². The molecule has 2 aliphatic carbocycles. The van der Waals surface area contributed by atoms with Gasteiger partial charge in [0.1, 0.15) is 0 Å². The quantitative estimate of drug-likeness (QED) is 0.762. The highest BCUT2D eigenvalue weighted by atomic mass is 16.5. The number of benzene rings is 1. The summed E-state index contributed by atoms with van der Waals surface area (Å²) in [6, 6.07) is 6.34. The third kappa shape index (κ3) is 3.13. The van der Waals surface area contributed by atoms with Crippen molar-refractivity contribution in [3.63, 3.8) is 0 Å². The lowest BCUT2D eigenvalue weighted by atomic mass is 9.59. The van der Waals surface area contributed by atoms with Crippen LogP contribution in [0.1, 0.15) is 64.5 Å². The predicted molar refractivity (Wildman–Crippen MR) is 112 cm³/mol. The van der Waals surface area contributed by atoms with Crippen molar-refractivity contribution >= 4 is 5.91 Å². The highest BCUT2D eigenvalue weighted by Crippen LogP contribution is 2.70. The Balaban J connectivity index is 1.66. The molecule has 3 aliphatic rings. The van der Waals surface area contributed by atoms with Crippen molar-refractivity contribution in [1.82, 2.24) is 5.32 Å². The van der Waals surface area contributed by atoms with E-state index in [2.05, 4.69) is 38.2 Å². The van der Waals surface area contributed by atoms with E-state index in [-0.39, 0.29) is 28.9 Å². The lowest BCUT2D eigenvalue weighted by Gasteiger charge is -2.53. The van der Waals surface area contributed by atoms with Crippen LogP contribution in [0.5, 0.6) is 11.5 Å². The fourth-order valence-corrected chi connectivity index (χ4v) is 6.61. The molecule has 1 saturated heterocycles. The van der Waals surface area contributed by atoms with Gasteiger partial charge in [0.25, 0.3) is 0 Å². The Morgan fingerprint density at radius 2 is 2.00 bits per heavy atom. The molecule has 5 nitrogen and oxygen atoms in total. The van der Waals surface area contributed by atoms with Crippen molar-refractivity contribution in [2.24, 2.45) is 22.7 Å². The van der Waals surface area contributed by atoms with Gasteiger partial charge in [0.15, 0.2) is 11.5 Å². The van der Waals surface area contributed by atoms with E-state index in [1.165, 1.54) is 6.42 Å². The summed E-state index contributed by atoms with van der Waals surface area (Å²) in [5, 5.41) is 3.47. The monoisotopic (exact) mass is 401 g/mol. The molecule has 1 spiro atoms. The predicted octanol–water partition coefficient (Wildman–Crippen LogP) is 4.50. The van der Waals surface area contributed by atoms with Crippen molar-refractivity contribution in [1.29, 1.82) is 0 Å². The number of fused-ring (bicyclic) bond motifs is 1. The van der Waals surface area contributed by atoms with Crippen LogP contribution >= 0.6 is 0 Å². The number of hydrogen-bond acceptors (Lipinski definition) is 4. The molecule has 1 heterocycles. The number of carbonyl (C=O) groups is 1. The van der Waals surface area contributed by atoms with Crippen molar-refractivity contribution in [3.8, 4) is 11.5 Å². The number of carbonyl (C=O) groups excluding carboxylic acids is 1. The molecule has 5 heteroatoms. The van der Waals surface area contributed by atoms with Crippen LogP contribution in [0, 0.1) is 22.7 Å². The van der Waals surface area contributed by atoms with Gasteiger partial charge in [-0.25, -0.2) is 0 Å². The summed E-state index contributed by atoms with van der Waals surface area (Å²) in [5.41, 5.74) is 1.39. The third-order valence-corrected chi connectivity index (χ3v) is 8.02. The van der Waals surface area contributed by atoms with E-state index in [9.17, 15) is 4.79 Å². The van der Waals surface area contributed by atoms with E-state index < -0.39 is 0 Å². The second-order valence-electron chi connectivity index (χ2n) is 9.70. The zero-order valence-corrected chi connectivity index (χ0v) is 18.4. The Hall–Kier alpha value is -1.75. The van der Waals surface area contributed by atoms with Gasteiger partial charge in [-0.05, 0) is 66.0 Å². The molecule has 2 saturated carbocycles. The lowest BCUT2D eigenvalue weighted by Crippen LogP contribution is -2.58. The summed E-state index contributed by atoms with van der Waals surface area (Å²) in [5.74, 6) is 2.70. The molecule has 1 aliphatic heterocycles. The van der Waals surface area contributed by atoms with Gasteiger partial charge in [-0.2, -0.15) is 0 Å². The van der Waals surface area contributed by atoms with Gasteiger partial charge in [0.05, 0.1) is 20.3 Å². The van der Waals surface area contributed by atoms with Crippen molar-refractivity contribution in [2.75, 3.05) is 20.8 Å². The van der Waals surface area contributed by atoms with Crippen molar-refractivity contribution in [3.05, 3.63) is 23.8 Å². The molecule has 29 heavy (non-hydrogen) atoms. The second-order valence-corrected chi connectivity index (χ2v) is 9.70. The number of amides is 1. The highest BCUT2D eigenvalue weighted by Gasteiger charge is 2.68. The summed E-state index contributed by atoms with van der Waals surface area (Å²) in [6.07, 6.45) is 4.90. The number of methoxy groups -OCH3 is 2. The normalized spacial score (nSPS) is 34.5. The molecule has 1 aromatic carbocycles. The molecule has 4 rings (SSSR count). The molecule has 1 N–H and O–H groups in total. The maximum atomic E-state index is 12.6. The molecule has 0 radical (unpaired) electrons. The van der Waals surface area contributed by atoms with Crippen LogP contribution < -0.4 is 14.8 Å². The number of nitrogens with one attached hydrogen (secondary N) is 1. The van der Waals surface area contributed by atoms with Crippen LogP contribution in [0.25, 0.3) is 0 Å². The average molecular weight is 402 g/mol. The molecule has 1 unspecified atom stereocenters. The molecule has 1 aromatic rings. The van der Waals surface area contributed by atoms with Gasteiger partial charge in [-0.1, -0.05) is 26.8 Å². The van der Waals surface area contributed by atoms with Gasteiger partial charge < -0.3 is 19.5 Å². The summed E-state index contributed by atoms with van der Waals surface area (Å²) in [4.78, 5) is 12.6. The van der Waals surface area contributed by atoms with Gasteiger partial charge >= 0.3 is 0 Å². The summed E-state index contributed by atoms with van der Waals surface area (Å²) < 4.78 is 17.3. The fraction of sp³-hybridized carbons (Fsp3) is 0.708. The highest BCUT2D eigenvalue weighted by molar-refractivity contribution is 5.76. The van der Waals surface area contributed by atoms with Crippen LogP contribution in [0.4, 0.5) is 0 Å². The summed E-state index contributed by atoms with van der Waals surface area (Å²) in [6.45, 7) is 7.49. The minimum atomic E-state index is 0.0373. The largest absolute Gasteiger partial charge is 0.493 e. The first-order valence-corrected chi connectivity index (χ1v) is 11.0. The van der Waals surface area contributed by atoms with Crippen LogP contribution in [-0.4, -0.2) is 32.8 Å². The zero-order valence-electron chi connectivity index (χ0n) is 18.4. The molecule has 160 valence electrons. The van der Waals surface area contributed by atoms with Crippen molar-refractivity contribution < 1.29 is 19.0 Å². The van der Waals surface area contributed by atoms with E-state index in [0.29, 0.717) is 18.3 Å². The van der Waals surface area contributed by atoms with Gasteiger partial charge in [0, 0.05) is 19.1 Å². The third-order valence-electron chi connectivity index (χ3n) is 8.02. The molecule has 2 bridgehead atoms. The van der Waals surface area contributed by atoms with Crippen LogP contribution in [0.3, 0.4) is 0 Å². The Kier molecular flexibility index (Phi) is 5.30. The van der Waals surface area contributed by atoms with Crippen LogP contribution in [0.15, 0.2) is 18.2 Å². The number of ether oxygens (including phenoxy) is 3. The first-order chi connectivity index (χ1) is 13.9. The maximum absolute atomic E-state index is 12.6. The van der Waals surface area contributed by atoms with E-state index in [0.717, 1.165) is 42.9 Å². The fourth-order valence-electron chi connectivity index (χ4n) is 6.61. The molecular weight excluding hydrogens is 366 g/mol. The number of rotatable bonds is 6.